The molecule has 42 heavy (non-hydrogen) atoms. The molecule has 0 N–H and O–H groups in total. The van der Waals surface area contributed by atoms with Crippen LogP contribution in [0.2, 0.25) is 0 Å². The van der Waals surface area contributed by atoms with Gasteiger partial charge in [-0.05, 0) is 135 Å². The molecular weight excluding hydrogens is 508 g/mol. The fourth-order valence-corrected chi connectivity index (χ4v) is 2.06. The minimum Gasteiger partial charge on any atom is -0.295 e. The van der Waals surface area contributed by atoms with Crippen molar-refractivity contribution in [1.82, 2.24) is 0 Å². The number of rotatable bonds is 1. The summed E-state index contributed by atoms with van der Waals surface area (Å²) < 4.78 is 0. The van der Waals surface area contributed by atoms with Gasteiger partial charge < -0.3 is 0 Å². The van der Waals surface area contributed by atoms with Gasteiger partial charge in [0.05, 0.1) is 0 Å². The smallest absolute Gasteiger partial charge is 0.159 e. The summed E-state index contributed by atoms with van der Waals surface area (Å²) in [6, 6.07) is 5.89. The molecule has 0 aromatic heterocycles. The van der Waals surface area contributed by atoms with Crippen molar-refractivity contribution in [3.05, 3.63) is 34.9 Å². The Hall–Kier alpha value is -7.71. The van der Waals surface area contributed by atoms with Gasteiger partial charge in [-0.2, -0.15) is 0 Å². The average Bonchev–Trinajstić information content (AvgIpc) is 2.96. The van der Waals surface area contributed by atoms with E-state index in [1.807, 2.05) is 26.0 Å². The highest BCUT2D eigenvalue weighted by Gasteiger charge is 1.99. The van der Waals surface area contributed by atoms with E-state index in [1.54, 1.807) is 13.8 Å². The van der Waals surface area contributed by atoms with Gasteiger partial charge in [0.2, 0.25) is 0 Å². The maximum absolute atomic E-state index is 10.9. The largest absolute Gasteiger partial charge is 0.295 e. The Morgan fingerprint density at radius 1 is 0.452 bits per heavy atom. The number of carbonyl (C=O) groups excluding carboxylic acids is 1. The number of aryl methyl sites for hydroxylation is 2. The summed E-state index contributed by atoms with van der Waals surface area (Å²) in [5, 5.41) is 0. The third-order valence-electron chi connectivity index (χ3n) is 3.45. The lowest BCUT2D eigenvalue weighted by Crippen LogP contribution is -1.93. The predicted molar refractivity (Wildman–Crippen MR) is 169 cm³/mol. The lowest BCUT2D eigenvalue weighted by molar-refractivity contribution is 0.101. The van der Waals surface area contributed by atoms with Crippen LogP contribution < -0.4 is 0 Å². The Morgan fingerprint density at radius 3 is 0.905 bits per heavy atom. The Labute approximate surface area is 250 Å². The molecule has 1 nitrogen and oxygen atoms in total. The molecule has 1 heteroatoms. The van der Waals surface area contributed by atoms with Gasteiger partial charge in [-0.15, -0.1) is 6.42 Å². The second-order valence-corrected chi connectivity index (χ2v) is 6.70. The van der Waals surface area contributed by atoms with E-state index in [0.717, 1.165) is 16.7 Å². The van der Waals surface area contributed by atoms with Crippen molar-refractivity contribution in [2.45, 2.75) is 27.7 Å². The van der Waals surface area contributed by atoms with E-state index in [0.29, 0.717) is 0 Å². The zero-order chi connectivity index (χ0) is 30.9. The first-order valence-electron chi connectivity index (χ1n) is 11.5. The van der Waals surface area contributed by atoms with Crippen molar-refractivity contribution < 1.29 is 4.79 Å². The maximum atomic E-state index is 10.9. The Balaban J connectivity index is 0.00000126. The van der Waals surface area contributed by atoms with E-state index in [2.05, 4.69) is 178 Å². The molecule has 0 bridgehead atoms. The van der Waals surface area contributed by atoms with Crippen LogP contribution in [0.1, 0.15) is 35.3 Å². The summed E-state index contributed by atoms with van der Waals surface area (Å²) in [5.41, 5.74) is 3.10. The zero-order valence-electron chi connectivity index (χ0n) is 23.2. The normalized spacial score (nSPS) is 5.40. The molecule has 0 radical (unpaired) electrons. The monoisotopic (exact) mass is 524 g/mol. The highest BCUT2D eigenvalue weighted by Crippen LogP contribution is 2.08. The molecule has 0 unspecified atom stereocenters. The molecule has 0 atom stereocenters. The minimum atomic E-state index is 0.136. The molecule has 0 aliphatic rings. The molecule has 0 heterocycles. The summed E-state index contributed by atoms with van der Waals surface area (Å²) >= 11 is 0. The van der Waals surface area contributed by atoms with E-state index in [9.17, 15) is 4.79 Å². The molecule has 1 aromatic rings. The number of benzene rings is 1. The molecule has 186 valence electrons. The summed E-state index contributed by atoms with van der Waals surface area (Å²) in [6.45, 7) is 7.28. The van der Waals surface area contributed by atoms with Gasteiger partial charge in [0.25, 0.3) is 0 Å². The molecule has 0 aliphatic carbocycles. The van der Waals surface area contributed by atoms with E-state index < -0.39 is 0 Å². The highest BCUT2D eigenvalue weighted by atomic mass is 16.1. The summed E-state index contributed by atoms with van der Waals surface area (Å²) in [6.07, 6.45) is 4.92. The minimum absolute atomic E-state index is 0.136. The van der Waals surface area contributed by atoms with Crippen molar-refractivity contribution in [2.24, 2.45) is 0 Å². The van der Waals surface area contributed by atoms with Gasteiger partial charge in [-0.3, -0.25) is 4.79 Å². The van der Waals surface area contributed by atoms with Crippen LogP contribution in [-0.2, 0) is 0 Å². The molecule has 0 saturated heterocycles. The fourth-order valence-electron chi connectivity index (χ4n) is 2.06. The van der Waals surface area contributed by atoms with Gasteiger partial charge in [0, 0.05) is 76.6 Å². The van der Waals surface area contributed by atoms with Crippen LogP contribution in [0.15, 0.2) is 18.2 Å². The number of carbonyl (C=O) groups is 1. The van der Waals surface area contributed by atoms with Crippen LogP contribution in [0.4, 0.5) is 0 Å². The molecule has 0 amide bonds. The molecular formula is C41H16O. The first-order valence-corrected chi connectivity index (χ1v) is 11.5. The number of terminal acetylenes is 1. The number of hydrogen-bond acceptors (Lipinski definition) is 1. The van der Waals surface area contributed by atoms with Crippen LogP contribution in [0, 0.1) is 192 Å². The maximum Gasteiger partial charge on any atom is 0.159 e. The Bertz CT molecular complexity index is 2150. The lowest BCUT2D eigenvalue weighted by Gasteiger charge is -1.99. The summed E-state index contributed by atoms with van der Waals surface area (Å²) in [5.74, 6) is 72.0. The first kappa shape index (κ1) is 34.3. The molecule has 0 saturated carbocycles. The number of hydrogen-bond donors (Lipinski definition) is 0. The van der Waals surface area contributed by atoms with Crippen LogP contribution in [-0.4, -0.2) is 5.78 Å². The molecule has 1 aromatic carbocycles. The van der Waals surface area contributed by atoms with Gasteiger partial charge in [-0.1, -0.05) is 23.1 Å². The lowest BCUT2D eigenvalue weighted by atomic mass is 10.1. The van der Waals surface area contributed by atoms with Crippen molar-refractivity contribution >= 4 is 5.78 Å². The Kier molecular flexibility index (Phi) is 21.5. The predicted octanol–water partition coefficient (Wildman–Crippen LogP) is 3.19. The second kappa shape index (κ2) is 26.4. The van der Waals surface area contributed by atoms with E-state index in [-0.39, 0.29) is 5.78 Å². The SMILES string of the molecule is C#CC#CC#CC#CC#CC#CC#CC#CC#CC#CC#CC#CC#CC#CC#CC.CC(=O)c1cc(C)cc(C)c1. The highest BCUT2D eigenvalue weighted by molar-refractivity contribution is 5.94. The van der Waals surface area contributed by atoms with Gasteiger partial charge in [-0.25, -0.2) is 0 Å². The van der Waals surface area contributed by atoms with Crippen molar-refractivity contribution in [2.75, 3.05) is 0 Å². The third kappa shape index (κ3) is 24.0. The molecule has 0 aliphatic heterocycles. The van der Waals surface area contributed by atoms with Gasteiger partial charge >= 0.3 is 0 Å². The van der Waals surface area contributed by atoms with Crippen LogP contribution in [0.25, 0.3) is 0 Å². The molecule has 1 rings (SSSR count). The standard InChI is InChI=1S/C31H4.C10H12O/c1-3-5-7-9-11-13-15-17-19-21-23-25-27-29-31-30-28-26-24-22-20-18-16-14-12-10-8-6-4-2;1-7-4-8(2)6-10(5-7)9(3)11/h1H,2H3;4-6H,1-3H3. The number of ketones is 1. The van der Waals surface area contributed by atoms with E-state index in [4.69, 9.17) is 6.42 Å². The number of Topliss-reactive ketones (excluding diaryl/α,β-unsaturated/α-hetero) is 1. The van der Waals surface area contributed by atoms with Gasteiger partial charge in [0.1, 0.15) is 0 Å². The van der Waals surface area contributed by atoms with E-state index >= 15 is 0 Å². The second-order valence-electron chi connectivity index (χ2n) is 6.70. The first-order chi connectivity index (χ1) is 20.5. The Morgan fingerprint density at radius 2 is 0.690 bits per heavy atom. The summed E-state index contributed by atoms with van der Waals surface area (Å²) in [7, 11) is 0. The molecule has 0 spiro atoms. The zero-order valence-corrected chi connectivity index (χ0v) is 23.2. The van der Waals surface area contributed by atoms with Crippen molar-refractivity contribution in [3.63, 3.8) is 0 Å². The van der Waals surface area contributed by atoms with Crippen LogP contribution in [0.5, 0.6) is 0 Å². The van der Waals surface area contributed by atoms with Crippen molar-refractivity contribution in [3.8, 4) is 178 Å². The van der Waals surface area contributed by atoms with Gasteiger partial charge in [0.15, 0.2) is 5.78 Å². The molecule has 0 fully saturated rings. The topological polar surface area (TPSA) is 17.1 Å². The van der Waals surface area contributed by atoms with E-state index in [1.165, 1.54) is 0 Å². The van der Waals surface area contributed by atoms with Crippen LogP contribution >= 0.6 is 0 Å². The third-order valence-corrected chi connectivity index (χ3v) is 3.45. The van der Waals surface area contributed by atoms with Crippen molar-refractivity contribution in [1.29, 1.82) is 0 Å². The quantitative estimate of drug-likeness (QED) is 0.408. The average molecular weight is 525 g/mol. The summed E-state index contributed by atoms with van der Waals surface area (Å²) in [4.78, 5) is 10.9. The fraction of sp³-hybridized carbons (Fsp3) is 0.0976. The van der Waals surface area contributed by atoms with Crippen LogP contribution in [0.3, 0.4) is 0 Å².